The van der Waals surface area contributed by atoms with Crippen LogP contribution in [0.25, 0.3) is 230 Å². The molecular formula is C96H54O4. The Hall–Kier alpha value is -13.3. The lowest BCUT2D eigenvalue weighted by molar-refractivity contribution is 0.668. The first-order valence-electron chi connectivity index (χ1n) is 34.2. The minimum absolute atomic E-state index is 0.846. The molecule has 100 heavy (non-hydrogen) atoms. The van der Waals surface area contributed by atoms with Crippen LogP contribution in [0.1, 0.15) is 0 Å². The lowest BCUT2D eigenvalue weighted by Crippen LogP contribution is -1.91. The molecule has 0 bridgehead atoms. The highest BCUT2D eigenvalue weighted by molar-refractivity contribution is 6.25. The maximum atomic E-state index is 6.82. The molecule has 0 saturated heterocycles. The van der Waals surface area contributed by atoms with Crippen LogP contribution in [0, 0.1) is 0 Å². The molecule has 18 aromatic carbocycles. The molecule has 0 fully saturated rings. The van der Waals surface area contributed by atoms with Crippen LogP contribution in [0.15, 0.2) is 345 Å². The van der Waals surface area contributed by atoms with Crippen molar-refractivity contribution in [1.29, 1.82) is 0 Å². The van der Waals surface area contributed by atoms with Gasteiger partial charge in [-0.15, -0.1) is 0 Å². The topological polar surface area (TPSA) is 52.6 Å². The van der Waals surface area contributed by atoms with Gasteiger partial charge < -0.3 is 17.7 Å². The lowest BCUT2D eigenvalue weighted by atomic mass is 9.85. The first-order valence-corrected chi connectivity index (χ1v) is 34.2. The Morgan fingerprint density at radius 2 is 0.450 bits per heavy atom. The zero-order chi connectivity index (χ0) is 65.3. The molecule has 22 aromatic rings. The van der Waals surface area contributed by atoms with Gasteiger partial charge in [-0.2, -0.15) is 0 Å². The highest BCUT2D eigenvalue weighted by Gasteiger charge is 2.23. The van der Waals surface area contributed by atoms with Gasteiger partial charge >= 0.3 is 0 Å². The zero-order valence-corrected chi connectivity index (χ0v) is 53.8. The van der Waals surface area contributed by atoms with Crippen molar-refractivity contribution in [2.75, 3.05) is 0 Å². The number of rotatable bonds is 7. The predicted molar refractivity (Wildman–Crippen MR) is 419 cm³/mol. The molecule has 4 aromatic heterocycles. The van der Waals surface area contributed by atoms with Crippen molar-refractivity contribution in [3.8, 4) is 77.9 Å². The van der Waals surface area contributed by atoms with Gasteiger partial charge in [0.2, 0.25) is 0 Å². The molecule has 0 spiro atoms. The molecule has 4 heterocycles. The largest absolute Gasteiger partial charge is 0.456 e. The monoisotopic (exact) mass is 1270 g/mol. The summed E-state index contributed by atoms with van der Waals surface area (Å²) in [5, 5.41) is 23.2. The highest BCUT2D eigenvalue weighted by Crippen LogP contribution is 2.49. The fourth-order valence-electron chi connectivity index (χ4n) is 16.8. The van der Waals surface area contributed by atoms with E-state index in [4.69, 9.17) is 17.7 Å². The fraction of sp³-hybridized carbons (Fsp3) is 0. The first kappa shape index (κ1) is 54.9. The summed E-state index contributed by atoms with van der Waals surface area (Å²) in [6, 6.07) is 119. The molecule has 0 aliphatic rings. The molecule has 4 nitrogen and oxygen atoms in total. The van der Waals surface area contributed by atoms with E-state index >= 15 is 0 Å². The molecule has 0 amide bonds. The van der Waals surface area contributed by atoms with E-state index in [1.54, 1.807) is 0 Å². The van der Waals surface area contributed by atoms with E-state index in [0.29, 0.717) is 0 Å². The molecule has 0 unspecified atom stereocenters. The van der Waals surface area contributed by atoms with Crippen molar-refractivity contribution < 1.29 is 17.7 Å². The van der Waals surface area contributed by atoms with Crippen LogP contribution in [0.5, 0.6) is 0 Å². The summed E-state index contributed by atoms with van der Waals surface area (Å²) in [5.41, 5.74) is 23.3. The molecule has 22 rings (SSSR count). The van der Waals surface area contributed by atoms with Gasteiger partial charge in [-0.05, 0) is 240 Å². The summed E-state index contributed by atoms with van der Waals surface area (Å²) in [4.78, 5) is 0. The van der Waals surface area contributed by atoms with E-state index in [-0.39, 0.29) is 0 Å². The van der Waals surface area contributed by atoms with Gasteiger partial charge in [0.15, 0.2) is 0 Å². The summed E-state index contributed by atoms with van der Waals surface area (Å²) in [6.07, 6.45) is 0. The molecular weight excluding hydrogens is 1220 g/mol. The van der Waals surface area contributed by atoms with Gasteiger partial charge in [0.1, 0.15) is 44.7 Å². The summed E-state index contributed by atoms with van der Waals surface area (Å²) >= 11 is 0. The number of hydrogen-bond acceptors (Lipinski definition) is 4. The Balaban J connectivity index is 0.594. The van der Waals surface area contributed by atoms with E-state index in [1.165, 1.54) is 87.2 Å². The molecule has 0 saturated carbocycles. The normalized spacial score (nSPS) is 12.2. The average molecular weight is 1270 g/mol. The number of hydrogen-bond donors (Lipinski definition) is 0. The third-order valence-corrected chi connectivity index (χ3v) is 21.4. The van der Waals surface area contributed by atoms with Crippen LogP contribution in [0.2, 0.25) is 0 Å². The van der Waals surface area contributed by atoms with Crippen molar-refractivity contribution >= 4 is 152 Å². The second-order valence-electron chi connectivity index (χ2n) is 26.9. The summed E-state index contributed by atoms with van der Waals surface area (Å²) in [6.45, 7) is 0. The van der Waals surface area contributed by atoms with E-state index in [1.807, 2.05) is 12.1 Å². The number of fused-ring (bicyclic) bond motifs is 18. The van der Waals surface area contributed by atoms with Crippen LogP contribution in [0.4, 0.5) is 0 Å². The van der Waals surface area contributed by atoms with Crippen molar-refractivity contribution in [3.05, 3.63) is 328 Å². The second kappa shape index (κ2) is 21.1. The summed E-state index contributed by atoms with van der Waals surface area (Å²) in [5.74, 6) is 0. The van der Waals surface area contributed by atoms with E-state index in [9.17, 15) is 0 Å². The summed E-state index contributed by atoms with van der Waals surface area (Å²) < 4.78 is 26.2. The van der Waals surface area contributed by atoms with E-state index < -0.39 is 0 Å². The van der Waals surface area contributed by atoms with Crippen LogP contribution in [-0.2, 0) is 0 Å². The number of furan rings is 4. The van der Waals surface area contributed by atoms with Gasteiger partial charge in [0.05, 0.1) is 0 Å². The maximum absolute atomic E-state index is 6.82. The third-order valence-electron chi connectivity index (χ3n) is 21.4. The molecule has 4 heteroatoms. The molecule has 0 N–H and O–H groups in total. The van der Waals surface area contributed by atoms with Crippen LogP contribution < -0.4 is 0 Å². The SMILES string of the molecule is c1cc(-c2ccc3oc4cc(-c5cccc6cc7c(cc56)oc5ccc(-c6c8ccccc8c(-c8ccc(-c9ccc%10oc%11ccccc%11c%10c9)cc8)c8ccccc68)cc57)ccc4c3c2)cc(-c2c3ccccc3c(-c3ccc4oc5cc6ccccc6cc5c4c3)c3ccccc23)c1. The van der Waals surface area contributed by atoms with Gasteiger partial charge in [0.25, 0.3) is 0 Å². The van der Waals surface area contributed by atoms with Crippen molar-refractivity contribution in [2.24, 2.45) is 0 Å². The van der Waals surface area contributed by atoms with Crippen molar-refractivity contribution in [2.45, 2.75) is 0 Å². The van der Waals surface area contributed by atoms with Crippen LogP contribution >= 0.6 is 0 Å². The highest BCUT2D eigenvalue weighted by atomic mass is 16.3. The number of benzene rings is 18. The Kier molecular flexibility index (Phi) is 11.6. The second-order valence-corrected chi connectivity index (χ2v) is 26.9. The Morgan fingerprint density at radius 1 is 0.130 bits per heavy atom. The van der Waals surface area contributed by atoms with Crippen LogP contribution in [0.3, 0.4) is 0 Å². The van der Waals surface area contributed by atoms with Crippen molar-refractivity contribution in [3.63, 3.8) is 0 Å². The average Bonchev–Trinajstić information content (AvgIpc) is 0.813. The summed E-state index contributed by atoms with van der Waals surface area (Å²) in [7, 11) is 0. The van der Waals surface area contributed by atoms with Gasteiger partial charge in [-0.1, -0.05) is 231 Å². The maximum Gasteiger partial charge on any atom is 0.136 e. The van der Waals surface area contributed by atoms with Crippen molar-refractivity contribution in [1.82, 2.24) is 0 Å². The molecule has 0 aliphatic heterocycles. The van der Waals surface area contributed by atoms with Gasteiger partial charge in [-0.25, -0.2) is 0 Å². The number of para-hydroxylation sites is 1. The molecule has 0 aliphatic carbocycles. The zero-order valence-electron chi connectivity index (χ0n) is 53.8. The molecule has 0 radical (unpaired) electrons. The van der Waals surface area contributed by atoms with Gasteiger partial charge in [0, 0.05) is 43.1 Å². The lowest BCUT2D eigenvalue weighted by Gasteiger charge is -2.18. The minimum Gasteiger partial charge on any atom is -0.456 e. The quantitative estimate of drug-likeness (QED) is 0.149. The minimum atomic E-state index is 0.846. The smallest absolute Gasteiger partial charge is 0.136 e. The van der Waals surface area contributed by atoms with Gasteiger partial charge in [-0.3, -0.25) is 0 Å². The Labute approximate surface area is 572 Å². The van der Waals surface area contributed by atoms with Crippen LogP contribution in [-0.4, -0.2) is 0 Å². The fourth-order valence-corrected chi connectivity index (χ4v) is 16.8. The first-order chi connectivity index (χ1) is 49.5. The van der Waals surface area contributed by atoms with E-state index in [0.717, 1.165) is 143 Å². The standard InChI is InChI=1S/C96H54O4/c1-2-16-59-52-91-83(46-58(59)15-1)81-50-65(38-43-88(81)99-91)96-76-27-9-7-25-74(76)94(75-26-8-10-28-77(75)96)64-19-13-17-57(45-64)61-37-42-87-80(48-61)69-40-35-63(53-90(69)98-87)67-29-14-18-62-49-84-82-51-66(39-44-89(82)100-92(84)54-78(62)67)95-72-23-5-3-21-70(72)93(71-22-4-6-24-73(71)95)56-33-31-55(32-34-56)60-36-41-86-79(47-60)68-20-11-12-30-85(68)97-86/h1-54H. The van der Waals surface area contributed by atoms with E-state index in [2.05, 4.69) is 315 Å². The Morgan fingerprint density at radius 3 is 1.01 bits per heavy atom. The Bertz CT molecular complexity index is 7160. The third kappa shape index (κ3) is 8.28. The molecule has 462 valence electrons. The molecule has 0 atom stereocenters. The predicted octanol–water partition coefficient (Wildman–Crippen LogP) is 27.9.